The molecule has 0 aromatic carbocycles. The van der Waals surface area contributed by atoms with Crippen molar-refractivity contribution in [3.8, 4) is 0 Å². The summed E-state index contributed by atoms with van der Waals surface area (Å²) in [5.41, 5.74) is 0. The monoisotopic (exact) mass is 293 g/mol. The minimum absolute atomic E-state index is 0.0757. The molecular formula is C17H27NO3. The lowest BCUT2D eigenvalue weighted by molar-refractivity contribution is -0.153. The Morgan fingerprint density at radius 1 is 1.00 bits per heavy atom. The zero-order valence-corrected chi connectivity index (χ0v) is 13.0. The number of amides is 1. The van der Waals surface area contributed by atoms with Crippen molar-refractivity contribution in [3.63, 3.8) is 0 Å². The van der Waals surface area contributed by atoms with E-state index in [0.717, 1.165) is 31.6 Å². The third-order valence-electron chi connectivity index (χ3n) is 5.86. The van der Waals surface area contributed by atoms with E-state index >= 15 is 0 Å². The highest BCUT2D eigenvalue weighted by Gasteiger charge is 2.43. The van der Waals surface area contributed by atoms with Crippen molar-refractivity contribution >= 4 is 11.9 Å². The Bertz CT molecular complexity index is 418. The fourth-order valence-electron chi connectivity index (χ4n) is 4.47. The zero-order valence-electron chi connectivity index (χ0n) is 13.0. The molecule has 3 aliphatic carbocycles. The molecule has 0 bridgehead atoms. The van der Waals surface area contributed by atoms with E-state index in [0.29, 0.717) is 5.92 Å². The van der Waals surface area contributed by atoms with Crippen LogP contribution in [0.25, 0.3) is 0 Å². The van der Waals surface area contributed by atoms with Crippen LogP contribution in [0.3, 0.4) is 0 Å². The maximum absolute atomic E-state index is 12.9. The van der Waals surface area contributed by atoms with Crippen LogP contribution in [0.2, 0.25) is 0 Å². The van der Waals surface area contributed by atoms with Gasteiger partial charge in [0.1, 0.15) is 6.04 Å². The van der Waals surface area contributed by atoms with E-state index < -0.39 is 12.0 Å². The summed E-state index contributed by atoms with van der Waals surface area (Å²) in [7, 11) is 0. The summed E-state index contributed by atoms with van der Waals surface area (Å²) >= 11 is 0. The minimum atomic E-state index is -0.874. The van der Waals surface area contributed by atoms with Crippen LogP contribution in [0.4, 0.5) is 0 Å². The largest absolute Gasteiger partial charge is 0.480 e. The number of carbonyl (C=O) groups is 2. The molecule has 0 aromatic rings. The summed E-state index contributed by atoms with van der Waals surface area (Å²) in [4.78, 5) is 25.8. The third kappa shape index (κ3) is 3.09. The number of carbonyl (C=O) groups excluding carboxylic acids is 1. The van der Waals surface area contributed by atoms with Gasteiger partial charge in [-0.3, -0.25) is 4.79 Å². The minimum Gasteiger partial charge on any atom is -0.480 e. The van der Waals surface area contributed by atoms with Gasteiger partial charge in [0.2, 0.25) is 5.91 Å². The second-order valence-corrected chi connectivity index (χ2v) is 7.31. The molecule has 4 atom stereocenters. The molecule has 3 saturated carbocycles. The van der Waals surface area contributed by atoms with Gasteiger partial charge in [-0.15, -0.1) is 0 Å². The quantitative estimate of drug-likeness (QED) is 0.866. The number of nitrogens with zero attached hydrogens (tertiary/aromatic N) is 1. The van der Waals surface area contributed by atoms with E-state index in [1.807, 2.05) is 0 Å². The summed E-state index contributed by atoms with van der Waals surface area (Å²) in [5.74, 6) is 0.862. The maximum atomic E-state index is 12.9. The molecule has 1 N–H and O–H groups in total. The molecule has 0 aromatic heterocycles. The van der Waals surface area contributed by atoms with E-state index in [9.17, 15) is 14.7 Å². The molecule has 21 heavy (non-hydrogen) atoms. The Labute approximate surface area is 126 Å². The van der Waals surface area contributed by atoms with Gasteiger partial charge in [0, 0.05) is 12.0 Å². The second kappa shape index (κ2) is 5.98. The average Bonchev–Trinajstić information content (AvgIpc) is 3.31. The molecular weight excluding hydrogens is 266 g/mol. The molecule has 4 heteroatoms. The van der Waals surface area contributed by atoms with Gasteiger partial charge in [0.15, 0.2) is 0 Å². The summed E-state index contributed by atoms with van der Waals surface area (Å²) in [6.07, 6.45) is 10.3. The van der Waals surface area contributed by atoms with Gasteiger partial charge in [0.25, 0.3) is 0 Å². The van der Waals surface area contributed by atoms with Crippen LogP contribution in [0.1, 0.15) is 64.7 Å². The Hall–Kier alpha value is -1.06. The number of hydrogen-bond acceptors (Lipinski definition) is 2. The van der Waals surface area contributed by atoms with E-state index in [-0.39, 0.29) is 17.9 Å². The van der Waals surface area contributed by atoms with Crippen LogP contribution >= 0.6 is 0 Å². The van der Waals surface area contributed by atoms with Crippen molar-refractivity contribution in [2.24, 2.45) is 17.8 Å². The molecule has 3 fully saturated rings. The highest BCUT2D eigenvalue weighted by atomic mass is 16.4. The zero-order chi connectivity index (χ0) is 15.0. The lowest BCUT2D eigenvalue weighted by Gasteiger charge is -2.40. The molecule has 0 saturated heterocycles. The molecule has 0 radical (unpaired) electrons. The predicted octanol–water partition coefficient (Wildman–Crippen LogP) is 3.06. The predicted molar refractivity (Wildman–Crippen MR) is 79.8 cm³/mol. The van der Waals surface area contributed by atoms with Crippen LogP contribution < -0.4 is 0 Å². The number of fused-ring (bicyclic) bond motifs is 1. The van der Waals surface area contributed by atoms with Gasteiger partial charge in [-0.1, -0.05) is 25.7 Å². The van der Waals surface area contributed by atoms with Gasteiger partial charge in [-0.25, -0.2) is 4.79 Å². The first-order chi connectivity index (χ1) is 10.1. The Morgan fingerprint density at radius 3 is 2.29 bits per heavy atom. The smallest absolute Gasteiger partial charge is 0.326 e. The van der Waals surface area contributed by atoms with Crippen LogP contribution in [-0.2, 0) is 9.59 Å². The van der Waals surface area contributed by atoms with Crippen LogP contribution in [0.15, 0.2) is 0 Å². The van der Waals surface area contributed by atoms with Crippen molar-refractivity contribution < 1.29 is 14.7 Å². The lowest BCUT2D eigenvalue weighted by Crippen LogP contribution is -2.48. The third-order valence-corrected chi connectivity index (χ3v) is 5.86. The molecule has 0 heterocycles. The Balaban J connectivity index is 1.67. The first kappa shape index (κ1) is 14.9. The maximum Gasteiger partial charge on any atom is 0.326 e. The number of hydrogen-bond donors (Lipinski definition) is 1. The topological polar surface area (TPSA) is 57.6 Å². The molecule has 0 spiro atoms. The summed E-state index contributed by atoms with van der Waals surface area (Å²) in [6.45, 7) is 1.66. The molecule has 0 aliphatic heterocycles. The Morgan fingerprint density at radius 2 is 1.67 bits per heavy atom. The van der Waals surface area contributed by atoms with Crippen LogP contribution in [0.5, 0.6) is 0 Å². The number of carboxylic acids is 1. The SMILES string of the molecule is CC(C(=O)O)N(C(=O)C1CCC2CCCCC2C1)C1CC1. The van der Waals surface area contributed by atoms with Crippen molar-refractivity contribution in [3.05, 3.63) is 0 Å². The van der Waals surface area contributed by atoms with Gasteiger partial charge in [-0.05, 0) is 50.9 Å². The summed E-state index contributed by atoms with van der Waals surface area (Å²) in [6, 6.07) is -0.484. The molecule has 4 nitrogen and oxygen atoms in total. The molecule has 118 valence electrons. The lowest BCUT2D eigenvalue weighted by atomic mass is 9.67. The number of rotatable bonds is 4. The van der Waals surface area contributed by atoms with Crippen molar-refractivity contribution in [1.82, 2.24) is 4.90 Å². The normalized spacial score (nSPS) is 33.9. The summed E-state index contributed by atoms with van der Waals surface area (Å²) in [5, 5.41) is 9.27. The summed E-state index contributed by atoms with van der Waals surface area (Å²) < 4.78 is 0. The van der Waals surface area contributed by atoms with E-state index in [1.54, 1.807) is 11.8 Å². The first-order valence-corrected chi connectivity index (χ1v) is 8.63. The first-order valence-electron chi connectivity index (χ1n) is 8.63. The van der Waals surface area contributed by atoms with E-state index in [2.05, 4.69) is 0 Å². The van der Waals surface area contributed by atoms with Crippen molar-refractivity contribution in [1.29, 1.82) is 0 Å². The molecule has 3 aliphatic rings. The number of aliphatic carboxylic acids is 1. The van der Waals surface area contributed by atoms with Crippen molar-refractivity contribution in [2.75, 3.05) is 0 Å². The fourth-order valence-corrected chi connectivity index (χ4v) is 4.47. The second-order valence-electron chi connectivity index (χ2n) is 7.31. The standard InChI is InChI=1S/C17H27NO3/c1-11(17(20)21)18(15-8-9-15)16(19)14-7-6-12-4-2-3-5-13(12)10-14/h11-15H,2-10H2,1H3,(H,20,21). The highest BCUT2D eigenvalue weighted by molar-refractivity contribution is 5.85. The van der Waals surface area contributed by atoms with Crippen molar-refractivity contribution in [2.45, 2.75) is 76.8 Å². The average molecular weight is 293 g/mol. The van der Waals surface area contributed by atoms with Crippen LogP contribution in [-0.4, -0.2) is 34.0 Å². The molecule has 4 unspecified atom stereocenters. The van der Waals surface area contributed by atoms with Gasteiger partial charge in [-0.2, -0.15) is 0 Å². The van der Waals surface area contributed by atoms with Gasteiger partial charge < -0.3 is 10.0 Å². The molecule has 3 rings (SSSR count). The van der Waals surface area contributed by atoms with Gasteiger partial charge >= 0.3 is 5.97 Å². The highest BCUT2D eigenvalue weighted by Crippen LogP contribution is 2.44. The number of carboxylic acid groups (broad SMARTS) is 1. The Kier molecular flexibility index (Phi) is 4.23. The van der Waals surface area contributed by atoms with Gasteiger partial charge in [0.05, 0.1) is 0 Å². The van der Waals surface area contributed by atoms with E-state index in [4.69, 9.17) is 0 Å². The van der Waals surface area contributed by atoms with Crippen LogP contribution in [0, 0.1) is 17.8 Å². The fraction of sp³-hybridized carbons (Fsp3) is 0.882. The van der Waals surface area contributed by atoms with E-state index in [1.165, 1.54) is 32.1 Å². The molecule has 1 amide bonds.